The molecule has 1 nitrogen and oxygen atoms in total. The van der Waals surface area contributed by atoms with Gasteiger partial charge in [-0.3, -0.25) is 0 Å². The molecule has 4 heteroatoms. The van der Waals surface area contributed by atoms with E-state index in [1.165, 1.54) is 15.1 Å². The van der Waals surface area contributed by atoms with E-state index in [1.807, 2.05) is 23.1 Å². The predicted molar refractivity (Wildman–Crippen MR) is 69.2 cm³/mol. The van der Waals surface area contributed by atoms with Crippen LogP contribution in [0.2, 0.25) is 0 Å². The third-order valence-corrected chi connectivity index (χ3v) is 6.12. The van der Waals surface area contributed by atoms with E-state index in [-0.39, 0.29) is 0 Å². The average Bonchev–Trinajstić information content (AvgIpc) is 2.50. The highest BCUT2D eigenvalue weighted by Crippen LogP contribution is 2.40. The molecule has 0 aromatic carbocycles. The Morgan fingerprint density at radius 1 is 1.64 bits per heavy atom. The van der Waals surface area contributed by atoms with E-state index < -0.39 is 0 Å². The number of thioether (sulfide) groups is 1. The maximum atomic E-state index is 3.61. The van der Waals surface area contributed by atoms with Crippen molar-refractivity contribution < 1.29 is 0 Å². The number of halogens is 1. The van der Waals surface area contributed by atoms with Gasteiger partial charge in [0.1, 0.15) is 0 Å². The number of nitrogens with one attached hydrogen (secondary N) is 1. The summed E-state index contributed by atoms with van der Waals surface area (Å²) in [6, 6.07) is 2.78. The van der Waals surface area contributed by atoms with Crippen LogP contribution < -0.4 is 5.32 Å². The zero-order valence-corrected chi connectivity index (χ0v) is 11.6. The second-order valence-electron chi connectivity index (χ2n) is 4.04. The molecule has 1 aliphatic rings. The molecule has 1 aromatic heterocycles. The molecule has 14 heavy (non-hydrogen) atoms. The molecule has 0 bridgehead atoms. The second kappa shape index (κ2) is 4.16. The van der Waals surface area contributed by atoms with Gasteiger partial charge in [-0.1, -0.05) is 0 Å². The van der Waals surface area contributed by atoms with Crippen LogP contribution in [-0.2, 0) is 6.54 Å². The minimum atomic E-state index is 0.420. The van der Waals surface area contributed by atoms with Gasteiger partial charge < -0.3 is 5.32 Å². The molecule has 0 saturated carbocycles. The SMILES string of the molecule is CC1(C)SCC1NCc1sccc1Br. The smallest absolute Gasteiger partial charge is 0.0327 e. The summed E-state index contributed by atoms with van der Waals surface area (Å²) >= 11 is 7.40. The molecule has 2 rings (SSSR count). The van der Waals surface area contributed by atoms with Crippen molar-refractivity contribution in [2.75, 3.05) is 5.75 Å². The first kappa shape index (κ1) is 11.0. The van der Waals surface area contributed by atoms with Crippen LogP contribution in [0, 0.1) is 0 Å². The van der Waals surface area contributed by atoms with E-state index >= 15 is 0 Å². The van der Waals surface area contributed by atoms with Gasteiger partial charge in [-0.25, -0.2) is 0 Å². The number of hydrogen-bond donors (Lipinski definition) is 1. The average molecular weight is 292 g/mol. The maximum Gasteiger partial charge on any atom is 0.0327 e. The number of thiophene rings is 1. The summed E-state index contributed by atoms with van der Waals surface area (Å²) in [6.07, 6.45) is 0. The fourth-order valence-corrected chi connectivity index (χ4v) is 4.12. The first-order chi connectivity index (χ1) is 6.59. The molecular formula is C10H14BrNS2. The van der Waals surface area contributed by atoms with Gasteiger partial charge in [-0.2, -0.15) is 11.8 Å². The van der Waals surface area contributed by atoms with E-state index in [1.54, 1.807) is 0 Å². The molecule has 1 fully saturated rings. The van der Waals surface area contributed by atoms with E-state index in [2.05, 4.69) is 46.5 Å². The predicted octanol–water partition coefficient (Wildman–Crippen LogP) is 3.49. The molecule has 0 spiro atoms. The Hall–Kier alpha value is 0.490. The lowest BCUT2D eigenvalue weighted by molar-refractivity contribution is 0.437. The Morgan fingerprint density at radius 2 is 2.43 bits per heavy atom. The molecule has 1 aliphatic heterocycles. The van der Waals surface area contributed by atoms with E-state index in [0.29, 0.717) is 10.8 Å². The summed E-state index contributed by atoms with van der Waals surface area (Å²) < 4.78 is 1.66. The Labute approximate surface area is 102 Å². The summed E-state index contributed by atoms with van der Waals surface area (Å²) in [4.78, 5) is 1.40. The largest absolute Gasteiger partial charge is 0.307 e. The number of hydrogen-bond acceptors (Lipinski definition) is 3. The van der Waals surface area contributed by atoms with Crippen molar-refractivity contribution in [1.29, 1.82) is 0 Å². The van der Waals surface area contributed by atoms with Crippen molar-refractivity contribution in [2.24, 2.45) is 0 Å². The van der Waals surface area contributed by atoms with Gasteiger partial charge in [0.15, 0.2) is 0 Å². The van der Waals surface area contributed by atoms with Crippen molar-refractivity contribution in [1.82, 2.24) is 5.32 Å². The molecule has 1 saturated heterocycles. The maximum absolute atomic E-state index is 3.61. The van der Waals surface area contributed by atoms with E-state index in [9.17, 15) is 0 Å². The second-order valence-corrected chi connectivity index (χ2v) is 7.57. The van der Waals surface area contributed by atoms with Crippen molar-refractivity contribution in [3.63, 3.8) is 0 Å². The first-order valence-electron chi connectivity index (χ1n) is 4.69. The monoisotopic (exact) mass is 291 g/mol. The standard InChI is InChI=1S/C10H14BrNS2/c1-10(2)9(6-14-10)12-5-8-7(11)3-4-13-8/h3-4,9,12H,5-6H2,1-2H3. The van der Waals surface area contributed by atoms with Crippen LogP contribution in [0.3, 0.4) is 0 Å². The molecule has 1 atom stereocenters. The fourth-order valence-electron chi connectivity index (χ4n) is 1.47. The lowest BCUT2D eigenvalue weighted by Crippen LogP contribution is -2.54. The van der Waals surface area contributed by atoms with Gasteiger partial charge in [0.25, 0.3) is 0 Å². The summed E-state index contributed by atoms with van der Waals surface area (Å²) in [5, 5.41) is 5.74. The van der Waals surface area contributed by atoms with Crippen molar-refractivity contribution in [3.8, 4) is 0 Å². The van der Waals surface area contributed by atoms with Gasteiger partial charge in [0, 0.05) is 32.4 Å². The molecule has 0 aliphatic carbocycles. The van der Waals surface area contributed by atoms with Crippen molar-refractivity contribution >= 4 is 39.0 Å². The lowest BCUT2D eigenvalue weighted by Gasteiger charge is -2.44. The normalized spacial score (nSPS) is 24.6. The van der Waals surface area contributed by atoms with Gasteiger partial charge in [0.2, 0.25) is 0 Å². The van der Waals surface area contributed by atoms with Gasteiger partial charge in [0.05, 0.1) is 0 Å². The number of rotatable bonds is 3. The zero-order chi connectivity index (χ0) is 10.2. The summed E-state index contributed by atoms with van der Waals surface area (Å²) in [7, 11) is 0. The summed E-state index contributed by atoms with van der Waals surface area (Å²) in [5.41, 5.74) is 0. The lowest BCUT2D eigenvalue weighted by atomic mass is 10.0. The first-order valence-corrected chi connectivity index (χ1v) is 7.34. The van der Waals surface area contributed by atoms with Crippen LogP contribution in [0.25, 0.3) is 0 Å². The van der Waals surface area contributed by atoms with Gasteiger partial charge in [-0.15, -0.1) is 11.3 Å². The molecule has 1 N–H and O–H groups in total. The van der Waals surface area contributed by atoms with E-state index in [0.717, 1.165) is 6.54 Å². The molecule has 78 valence electrons. The molecule has 0 radical (unpaired) electrons. The highest BCUT2D eigenvalue weighted by Gasteiger charge is 2.38. The van der Waals surface area contributed by atoms with Crippen LogP contribution in [0.5, 0.6) is 0 Å². The van der Waals surface area contributed by atoms with Crippen LogP contribution in [-0.4, -0.2) is 16.5 Å². The zero-order valence-electron chi connectivity index (χ0n) is 8.34. The van der Waals surface area contributed by atoms with Crippen LogP contribution >= 0.6 is 39.0 Å². The summed E-state index contributed by atoms with van der Waals surface area (Å²) in [5.74, 6) is 1.25. The fraction of sp³-hybridized carbons (Fsp3) is 0.600. The highest BCUT2D eigenvalue weighted by atomic mass is 79.9. The van der Waals surface area contributed by atoms with Gasteiger partial charge >= 0.3 is 0 Å². The quantitative estimate of drug-likeness (QED) is 0.915. The highest BCUT2D eigenvalue weighted by molar-refractivity contribution is 9.10. The third-order valence-electron chi connectivity index (χ3n) is 2.66. The Morgan fingerprint density at radius 3 is 2.86 bits per heavy atom. The molecule has 2 heterocycles. The topological polar surface area (TPSA) is 12.0 Å². The minimum Gasteiger partial charge on any atom is -0.307 e. The molecular weight excluding hydrogens is 278 g/mol. The third kappa shape index (κ3) is 2.18. The molecule has 1 unspecified atom stereocenters. The Bertz CT molecular complexity index is 322. The van der Waals surface area contributed by atoms with Crippen LogP contribution in [0.1, 0.15) is 18.7 Å². The van der Waals surface area contributed by atoms with Crippen molar-refractivity contribution in [3.05, 3.63) is 20.8 Å². The minimum absolute atomic E-state index is 0.420. The Balaban J connectivity index is 1.87. The van der Waals surface area contributed by atoms with Crippen LogP contribution in [0.4, 0.5) is 0 Å². The van der Waals surface area contributed by atoms with Crippen molar-refractivity contribution in [2.45, 2.75) is 31.2 Å². The summed E-state index contributed by atoms with van der Waals surface area (Å²) in [6.45, 7) is 5.61. The molecule has 1 aromatic rings. The van der Waals surface area contributed by atoms with Crippen LogP contribution in [0.15, 0.2) is 15.9 Å². The Kier molecular flexibility index (Phi) is 3.27. The van der Waals surface area contributed by atoms with Gasteiger partial charge in [-0.05, 0) is 41.2 Å². The molecule has 0 amide bonds. The van der Waals surface area contributed by atoms with E-state index in [4.69, 9.17) is 0 Å².